The molecule has 2 rings (SSSR count). The number of alkyl carbamates (subject to hydrolysis) is 1. The van der Waals surface area contributed by atoms with Crippen molar-refractivity contribution in [1.29, 1.82) is 0 Å². The Morgan fingerprint density at radius 3 is 2.52 bits per heavy atom. The van der Waals surface area contributed by atoms with E-state index in [1.165, 1.54) is 19.3 Å². The number of aromatic nitrogens is 1. The average Bonchev–Trinajstić information content (AvgIpc) is 2.60. The molecule has 0 radical (unpaired) electrons. The standard InChI is InChI=1S/C21H33N3O3/c1-16-14-17(15-23-19(16)24-12-8-5-9-13-24)18(25)10-6-7-11-22-20(26)27-21(2,3)4/h14-15H,5-13H2,1-4H3,(H,22,26). The Hall–Kier alpha value is -2.11. The number of piperidine rings is 1. The number of nitrogens with one attached hydrogen (secondary N) is 1. The summed E-state index contributed by atoms with van der Waals surface area (Å²) < 4.78 is 5.18. The predicted molar refractivity (Wildman–Crippen MR) is 107 cm³/mol. The number of Topliss-reactive ketones (excluding diaryl/α,β-unsaturated/α-hetero) is 1. The van der Waals surface area contributed by atoms with Crippen LogP contribution in [0, 0.1) is 6.92 Å². The Balaban J connectivity index is 1.74. The van der Waals surface area contributed by atoms with Crippen LogP contribution in [0.4, 0.5) is 10.6 Å². The highest BCUT2D eigenvalue weighted by molar-refractivity contribution is 5.96. The minimum Gasteiger partial charge on any atom is -0.444 e. The molecule has 0 saturated carbocycles. The van der Waals surface area contributed by atoms with Crippen LogP contribution >= 0.6 is 0 Å². The van der Waals surface area contributed by atoms with E-state index >= 15 is 0 Å². The summed E-state index contributed by atoms with van der Waals surface area (Å²) in [4.78, 5) is 30.8. The molecule has 0 aliphatic carbocycles. The maximum absolute atomic E-state index is 12.4. The summed E-state index contributed by atoms with van der Waals surface area (Å²) >= 11 is 0. The molecule has 0 spiro atoms. The molecule has 1 N–H and O–H groups in total. The SMILES string of the molecule is Cc1cc(C(=O)CCCCNC(=O)OC(C)(C)C)cnc1N1CCCCC1. The first-order valence-electron chi connectivity index (χ1n) is 9.98. The fraction of sp³-hybridized carbons (Fsp3) is 0.667. The third-order valence-electron chi connectivity index (χ3n) is 4.53. The molecule has 1 amide bonds. The van der Waals surface area contributed by atoms with Gasteiger partial charge < -0.3 is 15.0 Å². The van der Waals surface area contributed by atoms with E-state index in [2.05, 4.69) is 15.2 Å². The lowest BCUT2D eigenvalue weighted by Gasteiger charge is -2.29. The maximum Gasteiger partial charge on any atom is 0.407 e. The minimum absolute atomic E-state index is 0.105. The van der Waals surface area contributed by atoms with Crippen molar-refractivity contribution in [3.8, 4) is 0 Å². The zero-order valence-electron chi connectivity index (χ0n) is 17.1. The molecule has 27 heavy (non-hydrogen) atoms. The van der Waals surface area contributed by atoms with Crippen LogP contribution in [0.2, 0.25) is 0 Å². The number of anilines is 1. The number of amides is 1. The van der Waals surface area contributed by atoms with Gasteiger partial charge in [0.15, 0.2) is 5.78 Å². The Labute approximate surface area is 162 Å². The van der Waals surface area contributed by atoms with Gasteiger partial charge in [-0.25, -0.2) is 9.78 Å². The third-order valence-corrected chi connectivity index (χ3v) is 4.53. The highest BCUT2D eigenvalue weighted by atomic mass is 16.6. The van der Waals surface area contributed by atoms with Crippen molar-refractivity contribution in [3.63, 3.8) is 0 Å². The van der Waals surface area contributed by atoms with Gasteiger partial charge in [0.1, 0.15) is 11.4 Å². The molecule has 1 aliphatic heterocycles. The van der Waals surface area contributed by atoms with Gasteiger partial charge in [-0.2, -0.15) is 0 Å². The second-order valence-corrected chi connectivity index (χ2v) is 8.22. The lowest BCUT2D eigenvalue weighted by atomic mass is 10.0. The monoisotopic (exact) mass is 375 g/mol. The van der Waals surface area contributed by atoms with Crippen LogP contribution < -0.4 is 10.2 Å². The van der Waals surface area contributed by atoms with Gasteiger partial charge in [0.05, 0.1) is 0 Å². The fourth-order valence-corrected chi connectivity index (χ4v) is 3.22. The van der Waals surface area contributed by atoms with E-state index < -0.39 is 11.7 Å². The number of ether oxygens (including phenoxy) is 1. The van der Waals surface area contributed by atoms with Crippen LogP contribution in [0.1, 0.15) is 75.2 Å². The van der Waals surface area contributed by atoms with E-state index in [0.29, 0.717) is 18.5 Å². The zero-order chi connectivity index (χ0) is 19.9. The van der Waals surface area contributed by atoms with Crippen LogP contribution in [0.25, 0.3) is 0 Å². The van der Waals surface area contributed by atoms with E-state index in [4.69, 9.17) is 4.74 Å². The molecular weight excluding hydrogens is 342 g/mol. The number of carbonyl (C=O) groups is 2. The lowest BCUT2D eigenvalue weighted by molar-refractivity contribution is 0.0527. The van der Waals surface area contributed by atoms with E-state index in [1.807, 2.05) is 33.8 Å². The number of rotatable bonds is 7. The van der Waals surface area contributed by atoms with Gasteiger partial charge in [-0.1, -0.05) is 0 Å². The number of unbranched alkanes of at least 4 members (excludes halogenated alkanes) is 1. The molecule has 1 aromatic rings. The topological polar surface area (TPSA) is 71.5 Å². The summed E-state index contributed by atoms with van der Waals surface area (Å²) in [5, 5.41) is 2.72. The van der Waals surface area contributed by atoms with Crippen LogP contribution in [0.3, 0.4) is 0 Å². The Morgan fingerprint density at radius 1 is 1.19 bits per heavy atom. The number of nitrogens with zero attached hydrogens (tertiary/aromatic N) is 2. The molecule has 1 fully saturated rings. The number of aryl methyl sites for hydroxylation is 1. The van der Waals surface area contributed by atoms with Crippen LogP contribution in [-0.2, 0) is 4.74 Å². The highest BCUT2D eigenvalue weighted by Gasteiger charge is 2.17. The van der Waals surface area contributed by atoms with Crippen molar-refractivity contribution in [2.75, 3.05) is 24.5 Å². The highest BCUT2D eigenvalue weighted by Crippen LogP contribution is 2.22. The normalized spacial score (nSPS) is 14.7. The molecular formula is C21H33N3O3. The molecule has 0 bridgehead atoms. The first kappa shape index (κ1) is 21.2. The Bertz CT molecular complexity index is 647. The van der Waals surface area contributed by atoms with Gasteiger partial charge in [0.25, 0.3) is 0 Å². The van der Waals surface area contributed by atoms with Crippen molar-refractivity contribution >= 4 is 17.7 Å². The quantitative estimate of drug-likeness (QED) is 0.569. The van der Waals surface area contributed by atoms with Crippen LogP contribution in [0.5, 0.6) is 0 Å². The van der Waals surface area contributed by atoms with Crippen LogP contribution in [0.15, 0.2) is 12.3 Å². The van der Waals surface area contributed by atoms with Crippen molar-refractivity contribution in [3.05, 3.63) is 23.4 Å². The minimum atomic E-state index is -0.495. The molecule has 0 unspecified atom stereocenters. The summed E-state index contributed by atoms with van der Waals surface area (Å²) in [5.74, 6) is 1.11. The van der Waals surface area contributed by atoms with Crippen molar-refractivity contribution in [2.24, 2.45) is 0 Å². The largest absolute Gasteiger partial charge is 0.444 e. The van der Waals surface area contributed by atoms with E-state index in [9.17, 15) is 9.59 Å². The Kier molecular flexibility index (Phi) is 7.63. The van der Waals surface area contributed by atoms with Gasteiger partial charge >= 0.3 is 6.09 Å². The van der Waals surface area contributed by atoms with E-state index in [1.54, 1.807) is 6.20 Å². The number of hydrogen-bond acceptors (Lipinski definition) is 5. The number of pyridine rings is 1. The summed E-state index contributed by atoms with van der Waals surface area (Å²) in [6.45, 7) is 10.1. The van der Waals surface area contributed by atoms with Crippen LogP contribution in [-0.4, -0.2) is 42.1 Å². The van der Waals surface area contributed by atoms with Gasteiger partial charge in [-0.05, 0) is 71.4 Å². The van der Waals surface area contributed by atoms with Crippen molar-refractivity contribution < 1.29 is 14.3 Å². The molecule has 150 valence electrons. The zero-order valence-corrected chi connectivity index (χ0v) is 17.1. The van der Waals surface area contributed by atoms with Crippen molar-refractivity contribution in [1.82, 2.24) is 10.3 Å². The van der Waals surface area contributed by atoms with Crippen molar-refractivity contribution in [2.45, 2.75) is 71.8 Å². The predicted octanol–water partition coefficient (Wildman–Crippen LogP) is 4.26. The first-order valence-corrected chi connectivity index (χ1v) is 9.98. The number of ketones is 1. The lowest BCUT2D eigenvalue weighted by Crippen LogP contribution is -2.33. The number of hydrogen-bond donors (Lipinski definition) is 1. The maximum atomic E-state index is 12.4. The molecule has 2 heterocycles. The van der Waals surface area contributed by atoms with Gasteiger partial charge in [0.2, 0.25) is 0 Å². The third kappa shape index (κ3) is 7.19. The van der Waals surface area contributed by atoms with E-state index in [0.717, 1.165) is 37.3 Å². The molecule has 0 atom stereocenters. The fourth-order valence-electron chi connectivity index (χ4n) is 3.22. The molecule has 0 aromatic carbocycles. The van der Waals surface area contributed by atoms with Gasteiger partial charge in [-0.3, -0.25) is 4.79 Å². The molecule has 6 heteroatoms. The van der Waals surface area contributed by atoms with E-state index in [-0.39, 0.29) is 5.78 Å². The second-order valence-electron chi connectivity index (χ2n) is 8.22. The molecule has 6 nitrogen and oxygen atoms in total. The van der Waals surface area contributed by atoms with Gasteiger partial charge in [-0.15, -0.1) is 0 Å². The Morgan fingerprint density at radius 2 is 1.89 bits per heavy atom. The summed E-state index contributed by atoms with van der Waals surface area (Å²) in [5.41, 5.74) is 1.24. The smallest absolute Gasteiger partial charge is 0.407 e. The number of carbonyl (C=O) groups excluding carboxylic acids is 2. The first-order chi connectivity index (χ1) is 12.8. The van der Waals surface area contributed by atoms with Gasteiger partial charge in [0, 0.05) is 37.8 Å². The molecule has 1 aliphatic rings. The molecule has 1 aromatic heterocycles. The summed E-state index contributed by atoms with van der Waals surface area (Å²) in [7, 11) is 0. The second kappa shape index (κ2) is 9.72. The summed E-state index contributed by atoms with van der Waals surface area (Å²) in [6, 6.07) is 1.96. The average molecular weight is 376 g/mol. The summed E-state index contributed by atoms with van der Waals surface area (Å²) in [6.07, 6.45) is 6.91. The molecule has 1 saturated heterocycles.